The number of anilines is 2. The van der Waals surface area contributed by atoms with Crippen LogP contribution in [0.2, 0.25) is 0 Å². The molecule has 0 bridgehead atoms. The number of nitrogens with one attached hydrogen (secondary N) is 2. The summed E-state index contributed by atoms with van der Waals surface area (Å²) in [5, 5.41) is 5.12. The van der Waals surface area contributed by atoms with Crippen molar-refractivity contribution < 1.29 is 26.7 Å². The lowest BCUT2D eigenvalue weighted by molar-refractivity contribution is -0.0498. The van der Waals surface area contributed by atoms with Crippen LogP contribution in [0.25, 0.3) is 0 Å². The summed E-state index contributed by atoms with van der Waals surface area (Å²) in [7, 11) is -3.51. The fourth-order valence-corrected chi connectivity index (χ4v) is 4.32. The van der Waals surface area contributed by atoms with Gasteiger partial charge in [-0.25, -0.2) is 13.2 Å². The molecule has 3 rings (SSSR count). The second-order valence-corrected chi connectivity index (χ2v) is 8.06. The summed E-state index contributed by atoms with van der Waals surface area (Å²) in [4.78, 5) is 12.2. The molecule has 1 fully saturated rings. The molecule has 0 aromatic heterocycles. The Morgan fingerprint density at radius 2 is 1.43 bits per heavy atom. The highest BCUT2D eigenvalue weighted by Crippen LogP contribution is 2.22. The molecule has 0 aliphatic carbocycles. The van der Waals surface area contributed by atoms with Gasteiger partial charge in [0.2, 0.25) is 10.0 Å². The Kier molecular flexibility index (Phi) is 6.10. The van der Waals surface area contributed by atoms with E-state index in [1.165, 1.54) is 52.8 Å². The van der Waals surface area contributed by atoms with E-state index in [4.69, 9.17) is 0 Å². The van der Waals surface area contributed by atoms with E-state index in [2.05, 4.69) is 15.4 Å². The molecule has 0 unspecified atom stereocenters. The average molecular weight is 411 g/mol. The second-order valence-electron chi connectivity index (χ2n) is 6.12. The smallest absolute Gasteiger partial charge is 0.387 e. The minimum Gasteiger partial charge on any atom is -0.435 e. The second kappa shape index (κ2) is 8.53. The third kappa shape index (κ3) is 4.96. The van der Waals surface area contributed by atoms with Crippen molar-refractivity contribution in [2.45, 2.75) is 24.3 Å². The van der Waals surface area contributed by atoms with Crippen molar-refractivity contribution >= 4 is 27.4 Å². The van der Waals surface area contributed by atoms with Gasteiger partial charge in [-0.05, 0) is 61.4 Å². The lowest BCUT2D eigenvalue weighted by Gasteiger charge is -2.15. The maximum atomic E-state index is 12.5. The number of nitrogens with zero attached hydrogens (tertiary/aromatic N) is 1. The van der Waals surface area contributed by atoms with Crippen LogP contribution >= 0.6 is 0 Å². The molecule has 2 amide bonds. The molecule has 10 heteroatoms. The van der Waals surface area contributed by atoms with Gasteiger partial charge in [0.15, 0.2) is 0 Å². The molecule has 2 aromatic carbocycles. The van der Waals surface area contributed by atoms with Gasteiger partial charge in [0.25, 0.3) is 0 Å². The number of carbonyl (C=O) groups is 1. The van der Waals surface area contributed by atoms with Crippen molar-refractivity contribution in [3.63, 3.8) is 0 Å². The molecule has 28 heavy (non-hydrogen) atoms. The van der Waals surface area contributed by atoms with Crippen molar-refractivity contribution in [1.29, 1.82) is 0 Å². The lowest BCUT2D eigenvalue weighted by atomic mass is 10.3. The van der Waals surface area contributed by atoms with Crippen molar-refractivity contribution in [2.24, 2.45) is 0 Å². The quantitative estimate of drug-likeness (QED) is 0.759. The van der Waals surface area contributed by atoms with E-state index in [1.807, 2.05) is 0 Å². The van der Waals surface area contributed by atoms with E-state index in [0.717, 1.165) is 12.8 Å². The number of amides is 2. The largest absolute Gasteiger partial charge is 0.435 e. The minimum absolute atomic E-state index is 0.0178. The molecule has 1 aliphatic heterocycles. The predicted octanol–water partition coefficient (Wildman–Crippen LogP) is 3.72. The maximum Gasteiger partial charge on any atom is 0.387 e. The SMILES string of the molecule is O=C(Nc1ccc(OC(F)F)cc1)Nc1ccc(S(=O)(=O)N2CCCC2)cc1. The number of hydrogen-bond donors (Lipinski definition) is 2. The van der Waals surface area contributed by atoms with E-state index >= 15 is 0 Å². The van der Waals surface area contributed by atoms with E-state index in [-0.39, 0.29) is 10.6 Å². The normalized spacial score (nSPS) is 14.8. The lowest BCUT2D eigenvalue weighted by Crippen LogP contribution is -2.27. The number of carbonyl (C=O) groups excluding carboxylic acids is 1. The monoisotopic (exact) mass is 411 g/mol. The molecule has 1 heterocycles. The number of ether oxygens (including phenoxy) is 1. The van der Waals surface area contributed by atoms with Crippen molar-refractivity contribution in [3.05, 3.63) is 48.5 Å². The summed E-state index contributed by atoms with van der Waals surface area (Å²) in [6.07, 6.45) is 1.71. The number of halogens is 2. The molecule has 0 atom stereocenters. The zero-order chi connectivity index (χ0) is 20.1. The molecule has 1 aliphatic rings. The highest BCUT2D eigenvalue weighted by molar-refractivity contribution is 7.89. The van der Waals surface area contributed by atoms with Crippen LogP contribution in [0.15, 0.2) is 53.4 Å². The molecule has 0 saturated carbocycles. The molecule has 0 radical (unpaired) electrons. The van der Waals surface area contributed by atoms with E-state index in [0.29, 0.717) is 24.5 Å². The van der Waals surface area contributed by atoms with Gasteiger partial charge in [0, 0.05) is 24.5 Å². The van der Waals surface area contributed by atoms with Crippen LogP contribution in [0, 0.1) is 0 Å². The summed E-state index contributed by atoms with van der Waals surface area (Å²) in [5.74, 6) is -0.0178. The number of rotatable bonds is 6. The van der Waals surface area contributed by atoms with Crippen LogP contribution in [0.1, 0.15) is 12.8 Å². The zero-order valence-corrected chi connectivity index (χ0v) is 15.6. The molecular weight excluding hydrogens is 392 g/mol. The first-order valence-corrected chi connectivity index (χ1v) is 10.0. The van der Waals surface area contributed by atoms with Gasteiger partial charge in [-0.2, -0.15) is 13.1 Å². The van der Waals surface area contributed by atoms with Gasteiger partial charge >= 0.3 is 12.6 Å². The van der Waals surface area contributed by atoms with E-state index in [9.17, 15) is 22.0 Å². The topological polar surface area (TPSA) is 87.7 Å². The first-order valence-electron chi connectivity index (χ1n) is 8.58. The van der Waals surface area contributed by atoms with Gasteiger partial charge in [-0.3, -0.25) is 0 Å². The van der Waals surface area contributed by atoms with E-state index in [1.54, 1.807) is 0 Å². The molecule has 2 N–H and O–H groups in total. The van der Waals surface area contributed by atoms with Crippen LogP contribution in [0.4, 0.5) is 25.0 Å². The Bertz CT molecular complexity index is 913. The Hall–Kier alpha value is -2.72. The summed E-state index contributed by atoms with van der Waals surface area (Å²) in [6, 6.07) is 10.8. The molecule has 1 saturated heterocycles. The number of sulfonamides is 1. The number of hydrogen-bond acceptors (Lipinski definition) is 4. The Labute approximate surface area is 161 Å². The molecule has 7 nitrogen and oxygen atoms in total. The van der Waals surface area contributed by atoms with Gasteiger partial charge in [-0.1, -0.05) is 0 Å². The van der Waals surface area contributed by atoms with Crippen LogP contribution in [0.3, 0.4) is 0 Å². The number of urea groups is 1. The Morgan fingerprint density at radius 1 is 0.929 bits per heavy atom. The summed E-state index contributed by atoms with van der Waals surface area (Å²) in [6.45, 7) is -1.88. The molecule has 150 valence electrons. The first kappa shape index (κ1) is 20.0. The molecule has 2 aromatic rings. The standard InChI is InChI=1S/C18H19F2N3O4S/c19-17(20)27-15-7-3-13(4-8-15)21-18(24)22-14-5-9-16(10-6-14)28(25,26)23-11-1-2-12-23/h3-10,17H,1-2,11-12H2,(H2,21,22,24). The maximum absolute atomic E-state index is 12.5. The van der Waals surface area contributed by atoms with Gasteiger partial charge in [-0.15, -0.1) is 0 Å². The Balaban J connectivity index is 1.58. The van der Waals surface area contributed by atoms with Crippen molar-refractivity contribution in [3.8, 4) is 5.75 Å². The fraction of sp³-hybridized carbons (Fsp3) is 0.278. The first-order chi connectivity index (χ1) is 13.3. The molecular formula is C18H19F2N3O4S. The summed E-state index contributed by atoms with van der Waals surface area (Å²) in [5.41, 5.74) is 0.794. The third-order valence-corrected chi connectivity index (χ3v) is 6.07. The number of benzene rings is 2. The summed E-state index contributed by atoms with van der Waals surface area (Å²) < 4.78 is 54.9. The van der Waals surface area contributed by atoms with Crippen molar-refractivity contribution in [2.75, 3.05) is 23.7 Å². The van der Waals surface area contributed by atoms with Crippen LogP contribution in [-0.2, 0) is 10.0 Å². The highest BCUT2D eigenvalue weighted by Gasteiger charge is 2.26. The highest BCUT2D eigenvalue weighted by atomic mass is 32.2. The minimum atomic E-state index is -3.51. The summed E-state index contributed by atoms with van der Waals surface area (Å²) >= 11 is 0. The Morgan fingerprint density at radius 3 is 1.93 bits per heavy atom. The van der Waals surface area contributed by atoms with Gasteiger partial charge < -0.3 is 15.4 Å². The van der Waals surface area contributed by atoms with E-state index < -0.39 is 22.7 Å². The van der Waals surface area contributed by atoms with Gasteiger partial charge in [0.05, 0.1) is 4.90 Å². The average Bonchev–Trinajstić information content (AvgIpc) is 3.19. The van der Waals surface area contributed by atoms with Crippen LogP contribution < -0.4 is 15.4 Å². The van der Waals surface area contributed by atoms with Crippen molar-refractivity contribution in [1.82, 2.24) is 4.31 Å². The predicted molar refractivity (Wildman–Crippen MR) is 100 cm³/mol. The zero-order valence-electron chi connectivity index (χ0n) is 14.8. The third-order valence-electron chi connectivity index (χ3n) is 4.15. The van der Waals surface area contributed by atoms with Gasteiger partial charge in [0.1, 0.15) is 5.75 Å². The number of alkyl halides is 2. The molecule has 0 spiro atoms. The van der Waals surface area contributed by atoms with Crippen LogP contribution in [0.5, 0.6) is 5.75 Å². The van der Waals surface area contributed by atoms with Crippen LogP contribution in [-0.4, -0.2) is 38.5 Å². The fourth-order valence-electron chi connectivity index (χ4n) is 2.80.